The van der Waals surface area contributed by atoms with Gasteiger partial charge in [0.1, 0.15) is 5.82 Å². The molecule has 1 fully saturated rings. The van der Waals surface area contributed by atoms with Crippen LogP contribution >= 0.6 is 12.6 Å². The monoisotopic (exact) mass is 293 g/mol. The van der Waals surface area contributed by atoms with Crippen LogP contribution in [0.2, 0.25) is 0 Å². The van der Waals surface area contributed by atoms with Gasteiger partial charge in [-0.25, -0.2) is 4.39 Å². The first-order chi connectivity index (χ1) is 8.82. The average molecular weight is 293 g/mol. The summed E-state index contributed by atoms with van der Waals surface area (Å²) in [6, 6.07) is 2.19. The maximum atomic E-state index is 13.7. The van der Waals surface area contributed by atoms with Crippen molar-refractivity contribution >= 4 is 24.2 Å². The van der Waals surface area contributed by atoms with Crippen molar-refractivity contribution in [2.45, 2.75) is 12.6 Å². The molecule has 0 aliphatic carbocycles. The lowest BCUT2D eigenvalue weighted by atomic mass is 10.1. The van der Waals surface area contributed by atoms with Crippen LogP contribution in [0.1, 0.15) is 12.0 Å². The van der Waals surface area contributed by atoms with Gasteiger partial charge in [-0.3, -0.25) is 4.79 Å². The molecule has 0 saturated carbocycles. The first-order valence-corrected chi connectivity index (χ1v) is 6.24. The predicted octanol–water partition coefficient (Wildman–Crippen LogP) is 3.13. The zero-order valence-electron chi connectivity index (χ0n) is 9.75. The van der Waals surface area contributed by atoms with Crippen molar-refractivity contribution in [1.82, 2.24) is 0 Å². The number of amides is 1. The molecule has 1 amide bonds. The van der Waals surface area contributed by atoms with Crippen molar-refractivity contribution in [3.63, 3.8) is 0 Å². The summed E-state index contributed by atoms with van der Waals surface area (Å²) in [6.45, 7) is 0.282. The minimum absolute atomic E-state index is 0.00229. The molecule has 2 nitrogen and oxygen atoms in total. The molecule has 0 bridgehead atoms. The highest BCUT2D eigenvalue weighted by Gasteiger charge is 2.34. The maximum absolute atomic E-state index is 13.7. The van der Waals surface area contributed by atoms with Crippen LogP contribution in [-0.2, 0) is 11.0 Å². The quantitative estimate of drug-likeness (QED) is 0.656. The molecule has 1 aromatic rings. The molecule has 2 rings (SSSR count). The van der Waals surface area contributed by atoms with Crippen LogP contribution in [0.3, 0.4) is 0 Å². The third-order valence-corrected chi connectivity index (χ3v) is 3.55. The molecule has 1 aliphatic rings. The second-order valence-electron chi connectivity index (χ2n) is 4.42. The number of hydrogen-bond donors (Lipinski definition) is 1. The van der Waals surface area contributed by atoms with E-state index in [1.54, 1.807) is 0 Å². The molecule has 1 aromatic carbocycles. The van der Waals surface area contributed by atoms with Gasteiger partial charge in [-0.2, -0.15) is 25.8 Å². The summed E-state index contributed by atoms with van der Waals surface area (Å²) >= 11 is 4.07. The molecule has 0 spiro atoms. The maximum Gasteiger partial charge on any atom is 0.416 e. The SMILES string of the molecule is O=C1CC(CS)CN1c1ccc(C(F)(F)F)cc1F. The Kier molecular flexibility index (Phi) is 3.75. The molecule has 0 aromatic heterocycles. The Hall–Kier alpha value is -1.24. The summed E-state index contributed by atoms with van der Waals surface area (Å²) < 4.78 is 51.0. The number of carbonyl (C=O) groups is 1. The van der Waals surface area contributed by atoms with Gasteiger partial charge in [0, 0.05) is 13.0 Å². The topological polar surface area (TPSA) is 20.3 Å². The molecule has 104 valence electrons. The van der Waals surface area contributed by atoms with E-state index in [-0.39, 0.29) is 30.5 Å². The van der Waals surface area contributed by atoms with Gasteiger partial charge in [0.05, 0.1) is 11.3 Å². The highest BCUT2D eigenvalue weighted by molar-refractivity contribution is 7.80. The van der Waals surface area contributed by atoms with Gasteiger partial charge in [0.2, 0.25) is 5.91 Å². The number of thiol groups is 1. The largest absolute Gasteiger partial charge is 0.416 e. The van der Waals surface area contributed by atoms with E-state index in [1.165, 1.54) is 4.90 Å². The molecule has 1 saturated heterocycles. The van der Waals surface area contributed by atoms with Crippen LogP contribution in [0.4, 0.5) is 23.2 Å². The van der Waals surface area contributed by atoms with Crippen molar-refractivity contribution < 1.29 is 22.4 Å². The zero-order chi connectivity index (χ0) is 14.2. The lowest BCUT2D eigenvalue weighted by Crippen LogP contribution is -2.26. The molecule has 1 atom stereocenters. The van der Waals surface area contributed by atoms with E-state index in [4.69, 9.17) is 0 Å². The Morgan fingerprint density at radius 1 is 1.37 bits per heavy atom. The number of rotatable bonds is 2. The van der Waals surface area contributed by atoms with E-state index in [2.05, 4.69) is 12.6 Å². The van der Waals surface area contributed by atoms with Crippen LogP contribution in [0.5, 0.6) is 0 Å². The van der Waals surface area contributed by atoms with Crippen LogP contribution < -0.4 is 4.90 Å². The Bertz CT molecular complexity index is 503. The van der Waals surface area contributed by atoms with Crippen molar-refractivity contribution in [1.29, 1.82) is 0 Å². The Morgan fingerprint density at radius 2 is 2.05 bits per heavy atom. The summed E-state index contributed by atoms with van der Waals surface area (Å²) in [6.07, 6.45) is -4.36. The molecule has 0 N–H and O–H groups in total. The Balaban J connectivity index is 2.30. The van der Waals surface area contributed by atoms with Gasteiger partial charge in [-0.15, -0.1) is 0 Å². The van der Waals surface area contributed by atoms with Gasteiger partial charge in [0.15, 0.2) is 0 Å². The van der Waals surface area contributed by atoms with E-state index in [0.29, 0.717) is 11.8 Å². The molecular weight excluding hydrogens is 282 g/mol. The second-order valence-corrected chi connectivity index (χ2v) is 4.79. The lowest BCUT2D eigenvalue weighted by Gasteiger charge is -2.18. The number of alkyl halides is 3. The van der Waals surface area contributed by atoms with E-state index < -0.39 is 17.6 Å². The van der Waals surface area contributed by atoms with Crippen molar-refractivity contribution in [2.75, 3.05) is 17.2 Å². The van der Waals surface area contributed by atoms with Crippen LogP contribution in [0.15, 0.2) is 18.2 Å². The van der Waals surface area contributed by atoms with Crippen molar-refractivity contribution in [3.05, 3.63) is 29.6 Å². The molecule has 7 heteroatoms. The Morgan fingerprint density at radius 3 is 2.53 bits per heavy atom. The van der Waals surface area contributed by atoms with Crippen molar-refractivity contribution in [2.24, 2.45) is 5.92 Å². The fourth-order valence-corrected chi connectivity index (χ4v) is 2.28. The number of benzene rings is 1. The number of anilines is 1. The standard InChI is InChI=1S/C12H11F4NOS/c13-9-4-8(12(14,15)16)1-2-10(9)17-5-7(6-19)3-11(17)18/h1-2,4,7,19H,3,5-6H2. The molecule has 19 heavy (non-hydrogen) atoms. The summed E-state index contributed by atoms with van der Waals surface area (Å²) in [4.78, 5) is 12.9. The first kappa shape index (κ1) is 14.2. The molecular formula is C12H11F4NOS. The van der Waals surface area contributed by atoms with Crippen molar-refractivity contribution in [3.8, 4) is 0 Å². The minimum Gasteiger partial charge on any atom is -0.309 e. The third-order valence-electron chi connectivity index (χ3n) is 3.03. The zero-order valence-corrected chi connectivity index (χ0v) is 10.6. The lowest BCUT2D eigenvalue weighted by molar-refractivity contribution is -0.137. The Labute approximate surface area is 112 Å². The summed E-state index contributed by atoms with van der Waals surface area (Å²) in [5, 5.41) is 0. The summed E-state index contributed by atoms with van der Waals surface area (Å²) in [5.41, 5.74) is -1.17. The van der Waals surface area contributed by atoms with Crippen LogP contribution in [0.25, 0.3) is 0 Å². The molecule has 1 unspecified atom stereocenters. The van der Waals surface area contributed by atoms with E-state index in [1.807, 2.05) is 0 Å². The highest BCUT2D eigenvalue weighted by Crippen LogP contribution is 2.34. The summed E-state index contributed by atoms with van der Waals surface area (Å²) in [7, 11) is 0. The van der Waals surface area contributed by atoms with E-state index in [9.17, 15) is 22.4 Å². The number of nitrogens with zero attached hydrogens (tertiary/aromatic N) is 1. The predicted molar refractivity (Wildman–Crippen MR) is 65.7 cm³/mol. The van der Waals surface area contributed by atoms with Gasteiger partial charge in [-0.1, -0.05) is 0 Å². The van der Waals surface area contributed by atoms with Gasteiger partial charge < -0.3 is 4.90 Å². The number of carbonyl (C=O) groups excluding carboxylic acids is 1. The second kappa shape index (κ2) is 5.03. The number of halogens is 4. The number of hydrogen-bond acceptors (Lipinski definition) is 2. The average Bonchev–Trinajstić information content (AvgIpc) is 2.69. The minimum atomic E-state index is -4.60. The van der Waals surface area contributed by atoms with Crippen LogP contribution in [-0.4, -0.2) is 18.2 Å². The van der Waals surface area contributed by atoms with E-state index in [0.717, 1.165) is 12.1 Å². The van der Waals surface area contributed by atoms with Gasteiger partial charge in [-0.05, 0) is 29.9 Å². The van der Waals surface area contributed by atoms with Crippen LogP contribution in [0, 0.1) is 11.7 Å². The molecule has 1 aliphatic heterocycles. The fraction of sp³-hybridized carbons (Fsp3) is 0.417. The van der Waals surface area contributed by atoms with Gasteiger partial charge >= 0.3 is 6.18 Å². The summed E-state index contributed by atoms with van der Waals surface area (Å²) in [5.74, 6) is -0.858. The molecule has 1 heterocycles. The first-order valence-electron chi connectivity index (χ1n) is 5.61. The highest BCUT2D eigenvalue weighted by atomic mass is 32.1. The van der Waals surface area contributed by atoms with E-state index >= 15 is 0 Å². The third kappa shape index (κ3) is 2.86. The van der Waals surface area contributed by atoms with Gasteiger partial charge in [0.25, 0.3) is 0 Å². The smallest absolute Gasteiger partial charge is 0.309 e. The normalized spacial score (nSPS) is 20.2. The fourth-order valence-electron chi connectivity index (χ4n) is 2.04. The molecule has 0 radical (unpaired) electrons.